The fourth-order valence-electron chi connectivity index (χ4n) is 2.43. The molecule has 1 unspecified atom stereocenters. The molecule has 0 N–H and O–H groups in total. The van der Waals surface area contributed by atoms with E-state index in [0.29, 0.717) is 0 Å². The van der Waals surface area contributed by atoms with Crippen LogP contribution in [0.4, 0.5) is 0 Å². The second kappa shape index (κ2) is 5.70. The summed E-state index contributed by atoms with van der Waals surface area (Å²) in [6.07, 6.45) is 8.58. The molecule has 1 atom stereocenters. The fraction of sp³-hybridized carbons (Fsp3) is 0.176. The molecule has 3 heteroatoms. The zero-order valence-electron chi connectivity index (χ0n) is 11.5. The summed E-state index contributed by atoms with van der Waals surface area (Å²) in [6, 6.07) is 14.8. The highest BCUT2D eigenvalue weighted by molar-refractivity contribution is 5.62. The molecule has 0 spiro atoms. The quantitative estimate of drug-likeness (QED) is 0.713. The van der Waals surface area contributed by atoms with Gasteiger partial charge >= 0.3 is 0 Å². The predicted molar refractivity (Wildman–Crippen MR) is 80.3 cm³/mol. The topological polar surface area (TPSA) is 30.7 Å². The van der Waals surface area contributed by atoms with E-state index in [2.05, 4.69) is 45.7 Å². The van der Waals surface area contributed by atoms with E-state index in [0.717, 1.165) is 17.7 Å². The number of imidazole rings is 1. The molecule has 0 bridgehead atoms. The number of pyridine rings is 1. The van der Waals surface area contributed by atoms with Crippen molar-refractivity contribution in [2.24, 2.45) is 0 Å². The maximum atomic E-state index is 4.63. The van der Waals surface area contributed by atoms with E-state index in [9.17, 15) is 0 Å². The van der Waals surface area contributed by atoms with Gasteiger partial charge < -0.3 is 4.57 Å². The van der Waals surface area contributed by atoms with Crippen molar-refractivity contribution in [3.63, 3.8) is 0 Å². The molecule has 0 aliphatic carbocycles. The van der Waals surface area contributed by atoms with Gasteiger partial charge in [-0.1, -0.05) is 43.3 Å². The molecule has 0 saturated heterocycles. The lowest BCUT2D eigenvalue weighted by Crippen LogP contribution is -2.09. The van der Waals surface area contributed by atoms with Gasteiger partial charge in [-0.2, -0.15) is 0 Å². The van der Waals surface area contributed by atoms with Crippen LogP contribution in [-0.4, -0.2) is 14.5 Å². The maximum Gasteiger partial charge on any atom is 0.0952 e. The van der Waals surface area contributed by atoms with E-state index >= 15 is 0 Å². The van der Waals surface area contributed by atoms with Gasteiger partial charge in [-0.05, 0) is 18.1 Å². The SMILES string of the molecule is CCC(c1ccc(-c2ccccc2)cn1)n1ccnc1. The molecule has 0 saturated carbocycles. The van der Waals surface area contributed by atoms with Crippen LogP contribution in [0.5, 0.6) is 0 Å². The predicted octanol–water partition coefficient (Wildman–Crippen LogP) is 3.94. The molecule has 0 aliphatic rings. The highest BCUT2D eigenvalue weighted by Gasteiger charge is 2.12. The van der Waals surface area contributed by atoms with Crippen molar-refractivity contribution in [2.45, 2.75) is 19.4 Å². The normalized spacial score (nSPS) is 12.2. The number of rotatable bonds is 4. The number of aromatic nitrogens is 3. The van der Waals surface area contributed by atoms with Gasteiger partial charge in [0.2, 0.25) is 0 Å². The van der Waals surface area contributed by atoms with Crippen molar-refractivity contribution in [1.29, 1.82) is 0 Å². The maximum absolute atomic E-state index is 4.63. The van der Waals surface area contributed by atoms with Gasteiger partial charge in [0, 0.05) is 24.2 Å². The molecule has 0 amide bonds. The lowest BCUT2D eigenvalue weighted by atomic mass is 10.1. The van der Waals surface area contributed by atoms with Crippen molar-refractivity contribution < 1.29 is 0 Å². The largest absolute Gasteiger partial charge is 0.328 e. The van der Waals surface area contributed by atoms with Crippen LogP contribution in [-0.2, 0) is 0 Å². The minimum absolute atomic E-state index is 0.252. The van der Waals surface area contributed by atoms with Crippen LogP contribution in [0.15, 0.2) is 67.4 Å². The first-order chi connectivity index (χ1) is 9.88. The van der Waals surface area contributed by atoms with E-state index in [1.807, 2.05) is 36.9 Å². The van der Waals surface area contributed by atoms with Crippen molar-refractivity contribution in [1.82, 2.24) is 14.5 Å². The number of hydrogen-bond acceptors (Lipinski definition) is 2. The van der Waals surface area contributed by atoms with Gasteiger partial charge in [0.05, 0.1) is 18.1 Å². The Bertz CT molecular complexity index is 642. The van der Waals surface area contributed by atoms with Crippen LogP contribution < -0.4 is 0 Å². The molecule has 0 fully saturated rings. The van der Waals surface area contributed by atoms with Gasteiger partial charge in [0.15, 0.2) is 0 Å². The highest BCUT2D eigenvalue weighted by atomic mass is 15.1. The Morgan fingerprint density at radius 1 is 1.05 bits per heavy atom. The molecule has 2 aromatic heterocycles. The Morgan fingerprint density at radius 2 is 1.90 bits per heavy atom. The minimum Gasteiger partial charge on any atom is -0.328 e. The smallest absolute Gasteiger partial charge is 0.0952 e. The third kappa shape index (κ3) is 2.48. The van der Waals surface area contributed by atoms with Crippen LogP contribution in [0, 0.1) is 0 Å². The van der Waals surface area contributed by atoms with Crippen LogP contribution in [0.1, 0.15) is 25.1 Å². The molecule has 1 aromatic carbocycles. The van der Waals surface area contributed by atoms with Gasteiger partial charge in [0.1, 0.15) is 0 Å². The number of hydrogen-bond donors (Lipinski definition) is 0. The standard InChI is InChI=1S/C17H17N3/c1-2-17(20-11-10-18-13-20)16-9-8-15(12-19-16)14-6-4-3-5-7-14/h3-13,17H,2H2,1H3. The van der Waals surface area contributed by atoms with E-state index in [1.54, 1.807) is 6.20 Å². The monoisotopic (exact) mass is 263 g/mol. The van der Waals surface area contributed by atoms with Crippen molar-refractivity contribution >= 4 is 0 Å². The first-order valence-corrected chi connectivity index (χ1v) is 6.87. The zero-order valence-corrected chi connectivity index (χ0v) is 11.5. The summed E-state index contributed by atoms with van der Waals surface area (Å²) >= 11 is 0. The summed E-state index contributed by atoms with van der Waals surface area (Å²) in [5.41, 5.74) is 3.42. The average molecular weight is 263 g/mol. The van der Waals surface area contributed by atoms with Crippen molar-refractivity contribution in [3.05, 3.63) is 73.1 Å². The Hall–Kier alpha value is -2.42. The summed E-state index contributed by atoms with van der Waals surface area (Å²) in [7, 11) is 0. The Morgan fingerprint density at radius 3 is 2.50 bits per heavy atom. The summed E-state index contributed by atoms with van der Waals surface area (Å²) < 4.78 is 2.10. The van der Waals surface area contributed by atoms with Gasteiger partial charge in [-0.3, -0.25) is 4.98 Å². The number of benzene rings is 1. The molecule has 0 radical (unpaired) electrons. The fourth-order valence-corrected chi connectivity index (χ4v) is 2.43. The molecular weight excluding hydrogens is 246 g/mol. The van der Waals surface area contributed by atoms with Crippen LogP contribution >= 0.6 is 0 Å². The average Bonchev–Trinajstić information content (AvgIpc) is 3.04. The molecular formula is C17H17N3. The molecule has 3 nitrogen and oxygen atoms in total. The lowest BCUT2D eigenvalue weighted by molar-refractivity contribution is 0.551. The van der Waals surface area contributed by atoms with E-state index in [4.69, 9.17) is 0 Å². The first kappa shape index (κ1) is 12.6. The molecule has 2 heterocycles. The van der Waals surface area contributed by atoms with E-state index in [1.165, 1.54) is 5.56 Å². The highest BCUT2D eigenvalue weighted by Crippen LogP contribution is 2.23. The summed E-state index contributed by atoms with van der Waals surface area (Å²) in [6.45, 7) is 2.16. The summed E-state index contributed by atoms with van der Waals surface area (Å²) in [5, 5.41) is 0. The zero-order chi connectivity index (χ0) is 13.8. The molecule has 0 aliphatic heterocycles. The van der Waals surface area contributed by atoms with Crippen LogP contribution in [0.2, 0.25) is 0 Å². The van der Waals surface area contributed by atoms with Gasteiger partial charge in [0.25, 0.3) is 0 Å². The number of nitrogens with zero attached hydrogens (tertiary/aromatic N) is 3. The lowest BCUT2D eigenvalue weighted by Gasteiger charge is -2.16. The Kier molecular flexibility index (Phi) is 3.59. The second-order valence-corrected chi connectivity index (χ2v) is 4.77. The Balaban J connectivity index is 1.89. The van der Waals surface area contributed by atoms with E-state index < -0.39 is 0 Å². The Labute approximate surface area is 118 Å². The third-order valence-corrected chi connectivity index (χ3v) is 3.51. The van der Waals surface area contributed by atoms with Crippen molar-refractivity contribution in [2.75, 3.05) is 0 Å². The molecule has 3 aromatic rings. The van der Waals surface area contributed by atoms with Gasteiger partial charge in [-0.25, -0.2) is 4.98 Å². The molecule has 20 heavy (non-hydrogen) atoms. The second-order valence-electron chi connectivity index (χ2n) is 4.77. The van der Waals surface area contributed by atoms with Crippen LogP contribution in [0.3, 0.4) is 0 Å². The van der Waals surface area contributed by atoms with E-state index in [-0.39, 0.29) is 6.04 Å². The van der Waals surface area contributed by atoms with Crippen molar-refractivity contribution in [3.8, 4) is 11.1 Å². The first-order valence-electron chi connectivity index (χ1n) is 6.87. The third-order valence-electron chi connectivity index (χ3n) is 3.51. The van der Waals surface area contributed by atoms with Gasteiger partial charge in [-0.15, -0.1) is 0 Å². The molecule has 100 valence electrons. The van der Waals surface area contributed by atoms with Crippen LogP contribution in [0.25, 0.3) is 11.1 Å². The molecule has 3 rings (SSSR count). The minimum atomic E-state index is 0.252. The summed E-state index contributed by atoms with van der Waals surface area (Å²) in [4.78, 5) is 8.75. The summed E-state index contributed by atoms with van der Waals surface area (Å²) in [5.74, 6) is 0.